The van der Waals surface area contributed by atoms with Gasteiger partial charge in [0.15, 0.2) is 5.09 Å². The number of carboxylic acid groups (broad SMARTS) is 1. The summed E-state index contributed by atoms with van der Waals surface area (Å²) in [6.07, 6.45) is 0.832. The van der Waals surface area contributed by atoms with Crippen molar-refractivity contribution >= 4 is 32.7 Å². The lowest BCUT2D eigenvalue weighted by Gasteiger charge is -2.08. The van der Waals surface area contributed by atoms with Gasteiger partial charge in [-0.15, -0.1) is 0 Å². The molecule has 0 aliphatic carbocycles. The van der Waals surface area contributed by atoms with Gasteiger partial charge in [0.1, 0.15) is 5.75 Å². The molecule has 0 radical (unpaired) electrons. The number of aromatic carboxylic acids is 1. The van der Waals surface area contributed by atoms with E-state index in [9.17, 15) is 9.00 Å². The molecule has 21 heavy (non-hydrogen) atoms. The largest absolute Gasteiger partial charge is 0.493 e. The highest BCUT2D eigenvalue weighted by molar-refractivity contribution is 9.10. The maximum absolute atomic E-state index is 12.3. The second-order valence-corrected chi connectivity index (χ2v) is 6.86. The van der Waals surface area contributed by atoms with Crippen LogP contribution < -0.4 is 4.74 Å². The van der Waals surface area contributed by atoms with Crippen LogP contribution >= 0.6 is 15.9 Å². The zero-order valence-electron chi connectivity index (χ0n) is 10.8. The van der Waals surface area contributed by atoms with Gasteiger partial charge >= 0.3 is 5.97 Å². The van der Waals surface area contributed by atoms with Crippen LogP contribution in [0.5, 0.6) is 5.75 Å². The van der Waals surface area contributed by atoms with Crippen LogP contribution in [0.15, 0.2) is 38.2 Å². The van der Waals surface area contributed by atoms with Crippen LogP contribution in [-0.4, -0.2) is 21.9 Å². The lowest BCUT2D eigenvalue weighted by atomic mass is 10.1. The molecular weight excluding hydrogens is 360 g/mol. The van der Waals surface area contributed by atoms with Gasteiger partial charge in [-0.2, -0.15) is 0 Å². The molecule has 0 saturated carbocycles. The molecule has 0 fully saturated rings. The van der Waals surface area contributed by atoms with Crippen LogP contribution in [0, 0.1) is 0 Å². The first-order valence-corrected chi connectivity index (χ1v) is 8.31. The van der Waals surface area contributed by atoms with Crippen molar-refractivity contribution in [3.63, 3.8) is 0 Å². The van der Waals surface area contributed by atoms with Gasteiger partial charge in [0.25, 0.3) is 0 Å². The number of hydrogen-bond donors (Lipinski definition) is 1. The van der Waals surface area contributed by atoms with Crippen molar-refractivity contribution in [3.05, 3.63) is 45.6 Å². The lowest BCUT2D eigenvalue weighted by Crippen LogP contribution is -1.99. The van der Waals surface area contributed by atoms with Crippen molar-refractivity contribution in [1.29, 1.82) is 0 Å². The Bertz CT molecular complexity index is 737. The highest BCUT2D eigenvalue weighted by Crippen LogP contribution is 2.34. The normalized spacial score (nSPS) is 14.5. The van der Waals surface area contributed by atoms with E-state index in [1.54, 1.807) is 0 Å². The molecule has 1 aliphatic rings. The third-order valence-corrected chi connectivity index (χ3v) is 4.83. The van der Waals surface area contributed by atoms with E-state index in [1.807, 2.05) is 12.1 Å². The summed E-state index contributed by atoms with van der Waals surface area (Å²) in [6, 6.07) is 6.59. The summed E-state index contributed by atoms with van der Waals surface area (Å²) >= 11 is 3.43. The molecule has 1 aliphatic heterocycles. The SMILES string of the molecule is O=C(O)c1ccc(S(=O)Cc2cc(Br)cc3c2OCC3)o1. The Labute approximate surface area is 131 Å². The number of carbonyl (C=O) groups is 1. The van der Waals surface area contributed by atoms with Crippen molar-refractivity contribution < 1.29 is 23.3 Å². The van der Waals surface area contributed by atoms with E-state index in [0.29, 0.717) is 6.61 Å². The average molecular weight is 371 g/mol. The van der Waals surface area contributed by atoms with Gasteiger partial charge in [-0.05, 0) is 29.8 Å². The molecule has 7 heteroatoms. The number of rotatable bonds is 4. The van der Waals surface area contributed by atoms with Gasteiger partial charge < -0.3 is 14.3 Å². The molecule has 5 nitrogen and oxygen atoms in total. The summed E-state index contributed by atoms with van der Waals surface area (Å²) in [7, 11) is -1.46. The predicted molar refractivity (Wildman–Crippen MR) is 79.1 cm³/mol. The number of benzene rings is 1. The zero-order chi connectivity index (χ0) is 15.0. The number of ether oxygens (including phenoxy) is 1. The highest BCUT2D eigenvalue weighted by Gasteiger charge is 2.21. The summed E-state index contributed by atoms with van der Waals surface area (Å²) < 4.78 is 23.9. The van der Waals surface area contributed by atoms with Crippen molar-refractivity contribution in [3.8, 4) is 5.75 Å². The Kier molecular flexibility index (Phi) is 3.86. The lowest BCUT2D eigenvalue weighted by molar-refractivity contribution is 0.0656. The minimum atomic E-state index is -1.46. The van der Waals surface area contributed by atoms with Crippen molar-refractivity contribution in [2.45, 2.75) is 17.3 Å². The number of carboxylic acids is 1. The van der Waals surface area contributed by atoms with E-state index >= 15 is 0 Å². The van der Waals surface area contributed by atoms with Crippen LogP contribution in [0.2, 0.25) is 0 Å². The molecule has 1 unspecified atom stereocenters. The van der Waals surface area contributed by atoms with E-state index in [0.717, 1.165) is 27.8 Å². The van der Waals surface area contributed by atoms with Crippen LogP contribution in [0.3, 0.4) is 0 Å². The fraction of sp³-hybridized carbons (Fsp3) is 0.214. The average Bonchev–Trinajstić information content (AvgIpc) is 3.06. The van der Waals surface area contributed by atoms with E-state index in [2.05, 4.69) is 15.9 Å². The molecule has 0 amide bonds. The van der Waals surface area contributed by atoms with E-state index in [-0.39, 0.29) is 16.6 Å². The molecule has 1 aromatic carbocycles. The highest BCUT2D eigenvalue weighted by atomic mass is 79.9. The van der Waals surface area contributed by atoms with Gasteiger partial charge in [-0.1, -0.05) is 15.9 Å². The van der Waals surface area contributed by atoms with E-state index < -0.39 is 16.8 Å². The smallest absolute Gasteiger partial charge is 0.371 e. The third kappa shape index (κ3) is 2.89. The van der Waals surface area contributed by atoms with Crippen LogP contribution in [0.1, 0.15) is 21.7 Å². The fourth-order valence-corrected chi connectivity index (χ4v) is 3.82. The Balaban J connectivity index is 1.86. The zero-order valence-corrected chi connectivity index (χ0v) is 13.2. The molecule has 2 aromatic rings. The minimum Gasteiger partial charge on any atom is -0.493 e. The first-order chi connectivity index (χ1) is 10.0. The van der Waals surface area contributed by atoms with Gasteiger partial charge in [0, 0.05) is 16.5 Å². The summed E-state index contributed by atoms with van der Waals surface area (Å²) in [5.74, 6) is -0.399. The number of halogens is 1. The first kappa shape index (κ1) is 14.3. The number of furan rings is 1. The summed E-state index contributed by atoms with van der Waals surface area (Å²) in [5.41, 5.74) is 1.91. The van der Waals surface area contributed by atoms with E-state index in [1.165, 1.54) is 12.1 Å². The molecule has 2 heterocycles. The van der Waals surface area contributed by atoms with Gasteiger partial charge in [-0.3, -0.25) is 4.21 Å². The predicted octanol–water partition coefficient (Wildman–Crippen LogP) is 2.98. The molecule has 110 valence electrons. The third-order valence-electron chi connectivity index (χ3n) is 3.13. The van der Waals surface area contributed by atoms with Crippen LogP contribution in [0.4, 0.5) is 0 Å². The maximum atomic E-state index is 12.3. The summed E-state index contributed by atoms with van der Waals surface area (Å²) in [5, 5.41) is 8.97. The minimum absolute atomic E-state index is 0.152. The van der Waals surface area contributed by atoms with E-state index in [4.69, 9.17) is 14.3 Å². The number of fused-ring (bicyclic) bond motifs is 1. The fourth-order valence-electron chi connectivity index (χ4n) is 2.22. The van der Waals surface area contributed by atoms with Gasteiger partial charge in [0.2, 0.25) is 5.76 Å². The molecule has 1 atom stereocenters. The summed E-state index contributed by atoms with van der Waals surface area (Å²) in [4.78, 5) is 10.8. The van der Waals surface area contributed by atoms with Crippen molar-refractivity contribution in [2.24, 2.45) is 0 Å². The molecule has 3 rings (SSSR count). The van der Waals surface area contributed by atoms with Crippen LogP contribution in [-0.2, 0) is 23.0 Å². The van der Waals surface area contributed by atoms with Gasteiger partial charge in [-0.25, -0.2) is 4.79 Å². The Morgan fingerprint density at radius 2 is 2.19 bits per heavy atom. The Morgan fingerprint density at radius 3 is 2.90 bits per heavy atom. The Morgan fingerprint density at radius 1 is 1.38 bits per heavy atom. The molecule has 0 spiro atoms. The maximum Gasteiger partial charge on any atom is 0.371 e. The topological polar surface area (TPSA) is 76.7 Å². The molecular formula is C14H11BrO5S. The quantitative estimate of drug-likeness (QED) is 0.894. The standard InChI is InChI=1S/C14H11BrO5S/c15-10-5-8-3-4-19-13(8)9(6-10)7-21(18)12-2-1-11(20-12)14(16)17/h1-2,5-6H,3-4,7H2,(H,16,17). The Hall–Kier alpha value is -1.60. The molecule has 1 aromatic heterocycles. The second-order valence-electron chi connectivity index (χ2n) is 4.57. The molecule has 1 N–H and O–H groups in total. The second kappa shape index (κ2) is 5.65. The summed E-state index contributed by atoms with van der Waals surface area (Å²) in [6.45, 7) is 0.620. The first-order valence-electron chi connectivity index (χ1n) is 6.20. The van der Waals surface area contributed by atoms with Crippen molar-refractivity contribution in [2.75, 3.05) is 6.61 Å². The van der Waals surface area contributed by atoms with Crippen LogP contribution in [0.25, 0.3) is 0 Å². The van der Waals surface area contributed by atoms with Crippen molar-refractivity contribution in [1.82, 2.24) is 0 Å². The molecule has 0 saturated heterocycles. The molecule has 0 bridgehead atoms. The number of hydrogen-bond acceptors (Lipinski definition) is 4. The van der Waals surface area contributed by atoms with Gasteiger partial charge in [0.05, 0.1) is 23.2 Å². The monoisotopic (exact) mass is 370 g/mol.